The summed E-state index contributed by atoms with van der Waals surface area (Å²) in [5, 5.41) is 2.77. The minimum Gasteiger partial charge on any atom is -0.436 e. The summed E-state index contributed by atoms with van der Waals surface area (Å²) in [6.07, 6.45) is 0. The molecule has 0 aromatic carbocycles. The fourth-order valence-electron chi connectivity index (χ4n) is 1.14. The second kappa shape index (κ2) is 4.23. The Balaban J connectivity index is 2.82. The molecule has 0 saturated carbocycles. The lowest BCUT2D eigenvalue weighted by atomic mass is 10.1. The molecule has 0 fully saturated rings. The zero-order valence-electron chi connectivity index (χ0n) is 9.35. The molecule has 0 bridgehead atoms. The van der Waals surface area contributed by atoms with Gasteiger partial charge in [0.25, 0.3) is 5.91 Å². The summed E-state index contributed by atoms with van der Waals surface area (Å²) in [6, 6.07) is 0. The quantitative estimate of drug-likeness (QED) is 0.809. The molecule has 0 aliphatic heterocycles. The van der Waals surface area contributed by atoms with Crippen LogP contribution in [0.3, 0.4) is 0 Å². The number of carbonyl (C=O) groups excluding carboxylic acids is 1. The predicted octanol–water partition coefficient (Wildman–Crippen LogP) is 2.04. The second-order valence-electron chi connectivity index (χ2n) is 4.12. The lowest BCUT2D eigenvalue weighted by Gasteiger charge is -2.22. The van der Waals surface area contributed by atoms with Crippen molar-refractivity contribution in [1.29, 1.82) is 0 Å². The summed E-state index contributed by atoms with van der Waals surface area (Å²) in [5.74, 6) is 0.802. The van der Waals surface area contributed by atoms with Crippen molar-refractivity contribution in [2.24, 2.45) is 0 Å². The first-order valence-electron chi connectivity index (χ1n) is 4.68. The van der Waals surface area contributed by atoms with E-state index in [9.17, 15) is 4.79 Å². The van der Waals surface area contributed by atoms with Gasteiger partial charge >= 0.3 is 0 Å². The molecular formula is C10H15ClN2O2. The predicted molar refractivity (Wildman–Crippen MR) is 58.2 cm³/mol. The molecule has 0 saturated heterocycles. The van der Waals surface area contributed by atoms with Crippen LogP contribution in [0.25, 0.3) is 0 Å². The molecule has 1 heterocycles. The number of nitrogens with zero attached hydrogens (tertiary/aromatic N) is 1. The number of rotatable bonds is 3. The van der Waals surface area contributed by atoms with Crippen LogP contribution in [0.4, 0.5) is 0 Å². The Morgan fingerprint density at radius 1 is 1.53 bits per heavy atom. The standard InChI is InChI=1S/C10H15ClN2O2/c1-6-8(15-7(2)12-6)9(14)13-10(3,4)5-11/h5H2,1-4H3,(H,13,14). The van der Waals surface area contributed by atoms with Crippen LogP contribution in [0.15, 0.2) is 4.42 Å². The third-order valence-electron chi connectivity index (χ3n) is 1.90. The number of amides is 1. The Bertz CT molecular complexity index is 371. The maximum Gasteiger partial charge on any atom is 0.289 e. The highest BCUT2D eigenvalue weighted by Gasteiger charge is 2.23. The zero-order chi connectivity index (χ0) is 11.6. The summed E-state index contributed by atoms with van der Waals surface area (Å²) < 4.78 is 5.20. The first-order valence-corrected chi connectivity index (χ1v) is 5.21. The highest BCUT2D eigenvalue weighted by atomic mass is 35.5. The molecule has 0 unspecified atom stereocenters. The molecular weight excluding hydrogens is 216 g/mol. The van der Waals surface area contributed by atoms with Crippen molar-refractivity contribution in [1.82, 2.24) is 10.3 Å². The SMILES string of the molecule is Cc1nc(C)c(C(=O)NC(C)(C)CCl)o1. The topological polar surface area (TPSA) is 55.1 Å². The third kappa shape index (κ3) is 2.96. The molecule has 0 aliphatic rings. The first kappa shape index (κ1) is 12.0. The molecule has 0 aliphatic carbocycles. The van der Waals surface area contributed by atoms with Gasteiger partial charge in [-0.25, -0.2) is 4.98 Å². The van der Waals surface area contributed by atoms with Crippen molar-refractivity contribution in [2.45, 2.75) is 33.2 Å². The fourth-order valence-corrected chi connectivity index (χ4v) is 1.21. The van der Waals surface area contributed by atoms with E-state index >= 15 is 0 Å². The van der Waals surface area contributed by atoms with Crippen LogP contribution in [0.2, 0.25) is 0 Å². The van der Waals surface area contributed by atoms with E-state index in [4.69, 9.17) is 16.0 Å². The Kier molecular flexibility index (Phi) is 3.39. The molecule has 5 heteroatoms. The van der Waals surface area contributed by atoms with Gasteiger partial charge < -0.3 is 9.73 Å². The lowest BCUT2D eigenvalue weighted by Crippen LogP contribution is -2.45. The minimum atomic E-state index is -0.453. The number of halogens is 1. The van der Waals surface area contributed by atoms with Crippen LogP contribution in [-0.4, -0.2) is 22.3 Å². The number of carbonyl (C=O) groups is 1. The summed E-state index contributed by atoms with van der Waals surface area (Å²) in [4.78, 5) is 15.8. The van der Waals surface area contributed by atoms with Gasteiger partial charge in [0, 0.05) is 18.3 Å². The van der Waals surface area contributed by atoms with Gasteiger partial charge in [0.15, 0.2) is 5.89 Å². The van der Waals surface area contributed by atoms with E-state index in [1.807, 2.05) is 13.8 Å². The van der Waals surface area contributed by atoms with Crippen molar-refractivity contribution in [3.05, 3.63) is 17.3 Å². The zero-order valence-corrected chi connectivity index (χ0v) is 10.1. The third-order valence-corrected chi connectivity index (χ3v) is 2.56. The fraction of sp³-hybridized carbons (Fsp3) is 0.600. The smallest absolute Gasteiger partial charge is 0.289 e. The molecule has 1 aromatic rings. The second-order valence-corrected chi connectivity index (χ2v) is 4.39. The summed E-state index contributed by atoms with van der Waals surface area (Å²) in [5.41, 5.74) is 0.140. The summed E-state index contributed by atoms with van der Waals surface area (Å²) in [7, 11) is 0. The number of alkyl halides is 1. The van der Waals surface area contributed by atoms with Gasteiger partial charge in [-0.1, -0.05) is 0 Å². The van der Waals surface area contributed by atoms with Gasteiger partial charge in [0.1, 0.15) is 0 Å². The summed E-state index contributed by atoms with van der Waals surface area (Å²) in [6.45, 7) is 7.13. The van der Waals surface area contributed by atoms with Crippen LogP contribution < -0.4 is 5.32 Å². The molecule has 0 spiro atoms. The van der Waals surface area contributed by atoms with Gasteiger partial charge in [0.05, 0.1) is 5.69 Å². The number of hydrogen-bond donors (Lipinski definition) is 1. The van der Waals surface area contributed by atoms with E-state index in [0.717, 1.165) is 0 Å². The first-order chi connectivity index (χ1) is 6.85. The Morgan fingerprint density at radius 3 is 2.53 bits per heavy atom. The average molecular weight is 231 g/mol. The van der Waals surface area contributed by atoms with Gasteiger partial charge in [-0.2, -0.15) is 0 Å². The molecule has 0 radical (unpaired) electrons. The van der Waals surface area contributed by atoms with Crippen molar-refractivity contribution in [3.63, 3.8) is 0 Å². The van der Waals surface area contributed by atoms with Crippen LogP contribution in [-0.2, 0) is 0 Å². The lowest BCUT2D eigenvalue weighted by molar-refractivity contribution is 0.0890. The highest BCUT2D eigenvalue weighted by Crippen LogP contribution is 2.12. The number of oxazole rings is 1. The maximum absolute atomic E-state index is 11.7. The van der Waals surface area contributed by atoms with Crippen molar-refractivity contribution < 1.29 is 9.21 Å². The Hall–Kier alpha value is -1.03. The molecule has 1 rings (SSSR count). The maximum atomic E-state index is 11.7. The van der Waals surface area contributed by atoms with Gasteiger partial charge in [-0.3, -0.25) is 4.79 Å². The van der Waals surface area contributed by atoms with Crippen molar-refractivity contribution >= 4 is 17.5 Å². The molecule has 4 nitrogen and oxygen atoms in total. The Morgan fingerprint density at radius 2 is 2.13 bits per heavy atom. The largest absolute Gasteiger partial charge is 0.436 e. The van der Waals surface area contributed by atoms with E-state index in [-0.39, 0.29) is 11.7 Å². The number of hydrogen-bond acceptors (Lipinski definition) is 3. The molecule has 1 amide bonds. The van der Waals surface area contributed by atoms with Crippen LogP contribution in [0.1, 0.15) is 36.0 Å². The van der Waals surface area contributed by atoms with E-state index in [1.54, 1.807) is 13.8 Å². The van der Waals surface area contributed by atoms with Gasteiger partial charge in [-0.15, -0.1) is 11.6 Å². The van der Waals surface area contributed by atoms with E-state index in [0.29, 0.717) is 17.5 Å². The van der Waals surface area contributed by atoms with E-state index in [2.05, 4.69) is 10.3 Å². The molecule has 15 heavy (non-hydrogen) atoms. The highest BCUT2D eigenvalue weighted by molar-refractivity contribution is 6.18. The number of nitrogens with one attached hydrogen (secondary N) is 1. The molecule has 84 valence electrons. The summed E-state index contributed by atoms with van der Waals surface area (Å²) >= 11 is 5.71. The number of aryl methyl sites for hydroxylation is 2. The minimum absolute atomic E-state index is 0.255. The van der Waals surface area contributed by atoms with Crippen molar-refractivity contribution in [2.75, 3.05) is 5.88 Å². The van der Waals surface area contributed by atoms with Crippen LogP contribution >= 0.6 is 11.6 Å². The van der Waals surface area contributed by atoms with Gasteiger partial charge in [-0.05, 0) is 20.8 Å². The molecule has 1 aromatic heterocycles. The van der Waals surface area contributed by atoms with E-state index in [1.165, 1.54) is 0 Å². The van der Waals surface area contributed by atoms with Gasteiger partial charge in [0.2, 0.25) is 5.76 Å². The van der Waals surface area contributed by atoms with Crippen molar-refractivity contribution in [3.8, 4) is 0 Å². The average Bonchev–Trinajstić information content (AvgIpc) is 2.45. The van der Waals surface area contributed by atoms with Crippen LogP contribution in [0, 0.1) is 13.8 Å². The van der Waals surface area contributed by atoms with E-state index < -0.39 is 5.54 Å². The number of aromatic nitrogens is 1. The molecule has 1 N–H and O–H groups in total. The molecule has 0 atom stereocenters. The Labute approximate surface area is 94.0 Å². The normalized spacial score (nSPS) is 11.5. The van der Waals surface area contributed by atoms with Crippen LogP contribution in [0.5, 0.6) is 0 Å². The monoisotopic (exact) mass is 230 g/mol.